The van der Waals surface area contributed by atoms with Gasteiger partial charge in [0.1, 0.15) is 11.5 Å². The zero-order valence-corrected chi connectivity index (χ0v) is 10.9. The van der Waals surface area contributed by atoms with Crippen LogP contribution in [0.3, 0.4) is 0 Å². The Morgan fingerprint density at radius 1 is 1.26 bits per heavy atom. The van der Waals surface area contributed by atoms with Gasteiger partial charge in [-0.2, -0.15) is 0 Å². The largest absolute Gasteiger partial charge is 0.382 e. The van der Waals surface area contributed by atoms with Crippen LogP contribution < -0.4 is 10.6 Å². The molecule has 98 valence electrons. The number of hydrogen-bond donors (Lipinski definition) is 2. The molecule has 0 unspecified atom stereocenters. The van der Waals surface area contributed by atoms with Crippen LogP contribution >= 0.6 is 0 Å². The van der Waals surface area contributed by atoms with Gasteiger partial charge >= 0.3 is 0 Å². The third-order valence-electron chi connectivity index (χ3n) is 2.85. The Balaban J connectivity index is 2.15. The third-order valence-corrected chi connectivity index (χ3v) is 2.85. The standard InChI is InChI=1S/C14H17N5/c1-2-19(10-11-5-3-4-8-17-11)12-6-7-13(14(15)16)18-9-12/h3-9H,2,10H2,1H3,(H3,15,16). The molecule has 0 radical (unpaired) electrons. The second-order valence-corrected chi connectivity index (χ2v) is 4.15. The molecule has 0 atom stereocenters. The monoisotopic (exact) mass is 255 g/mol. The number of amidine groups is 1. The predicted molar refractivity (Wildman–Crippen MR) is 76.2 cm³/mol. The number of nitrogens with two attached hydrogens (primary N) is 1. The van der Waals surface area contributed by atoms with E-state index in [1.165, 1.54) is 0 Å². The highest BCUT2D eigenvalue weighted by Gasteiger charge is 2.07. The van der Waals surface area contributed by atoms with E-state index >= 15 is 0 Å². The average molecular weight is 255 g/mol. The molecule has 2 rings (SSSR count). The number of aromatic nitrogens is 2. The van der Waals surface area contributed by atoms with Crippen LogP contribution in [0, 0.1) is 5.41 Å². The summed E-state index contributed by atoms with van der Waals surface area (Å²) in [4.78, 5) is 10.7. The van der Waals surface area contributed by atoms with Crippen molar-refractivity contribution in [2.24, 2.45) is 5.73 Å². The minimum absolute atomic E-state index is 0.0145. The lowest BCUT2D eigenvalue weighted by Crippen LogP contribution is -2.23. The van der Waals surface area contributed by atoms with Crippen molar-refractivity contribution in [2.75, 3.05) is 11.4 Å². The summed E-state index contributed by atoms with van der Waals surface area (Å²) in [6, 6.07) is 9.57. The van der Waals surface area contributed by atoms with Crippen molar-refractivity contribution < 1.29 is 0 Å². The van der Waals surface area contributed by atoms with E-state index in [1.807, 2.05) is 24.3 Å². The maximum absolute atomic E-state index is 7.33. The molecule has 19 heavy (non-hydrogen) atoms. The molecule has 3 N–H and O–H groups in total. The highest BCUT2D eigenvalue weighted by atomic mass is 15.1. The maximum Gasteiger partial charge on any atom is 0.141 e. The molecule has 0 amide bonds. The maximum atomic E-state index is 7.33. The third kappa shape index (κ3) is 3.28. The first-order chi connectivity index (χ1) is 9.20. The molecule has 0 saturated carbocycles. The number of rotatable bonds is 5. The van der Waals surface area contributed by atoms with Crippen molar-refractivity contribution in [3.63, 3.8) is 0 Å². The molecule has 0 spiro atoms. The Morgan fingerprint density at radius 2 is 2.11 bits per heavy atom. The van der Waals surface area contributed by atoms with E-state index in [9.17, 15) is 0 Å². The Hall–Kier alpha value is -2.43. The Kier molecular flexibility index (Phi) is 4.07. The average Bonchev–Trinajstić information content (AvgIpc) is 2.46. The minimum Gasteiger partial charge on any atom is -0.382 e. The van der Waals surface area contributed by atoms with Crippen LogP contribution in [-0.2, 0) is 6.54 Å². The van der Waals surface area contributed by atoms with Gasteiger partial charge in [0.05, 0.1) is 24.1 Å². The zero-order chi connectivity index (χ0) is 13.7. The Morgan fingerprint density at radius 3 is 2.63 bits per heavy atom. The lowest BCUT2D eigenvalue weighted by Gasteiger charge is -2.22. The van der Waals surface area contributed by atoms with E-state index in [2.05, 4.69) is 21.8 Å². The van der Waals surface area contributed by atoms with Crippen molar-refractivity contribution >= 4 is 11.5 Å². The molecule has 0 saturated heterocycles. The lowest BCUT2D eigenvalue weighted by molar-refractivity contribution is 0.807. The first-order valence-electron chi connectivity index (χ1n) is 6.16. The molecule has 2 aromatic heterocycles. The number of anilines is 1. The zero-order valence-electron chi connectivity index (χ0n) is 10.9. The van der Waals surface area contributed by atoms with Crippen LogP contribution in [0.5, 0.6) is 0 Å². The summed E-state index contributed by atoms with van der Waals surface area (Å²) in [6.45, 7) is 3.68. The van der Waals surface area contributed by atoms with Crippen molar-refractivity contribution in [3.05, 3.63) is 54.1 Å². The first-order valence-corrected chi connectivity index (χ1v) is 6.16. The second kappa shape index (κ2) is 5.95. The van der Waals surface area contributed by atoms with Crippen LogP contribution in [0.15, 0.2) is 42.7 Å². The van der Waals surface area contributed by atoms with E-state index in [0.717, 1.165) is 24.5 Å². The van der Waals surface area contributed by atoms with Gasteiger partial charge in [0, 0.05) is 12.7 Å². The van der Waals surface area contributed by atoms with E-state index < -0.39 is 0 Å². The van der Waals surface area contributed by atoms with Gasteiger partial charge in [0.2, 0.25) is 0 Å². The fourth-order valence-electron chi connectivity index (χ4n) is 1.81. The Bertz CT molecular complexity index is 536. The molecule has 0 aliphatic heterocycles. The van der Waals surface area contributed by atoms with Crippen LogP contribution in [0.25, 0.3) is 0 Å². The summed E-state index contributed by atoms with van der Waals surface area (Å²) < 4.78 is 0. The highest BCUT2D eigenvalue weighted by molar-refractivity contribution is 5.93. The summed E-state index contributed by atoms with van der Waals surface area (Å²) in [5, 5.41) is 7.33. The number of nitrogen functional groups attached to an aromatic ring is 1. The smallest absolute Gasteiger partial charge is 0.141 e. The van der Waals surface area contributed by atoms with Crippen molar-refractivity contribution in [1.82, 2.24) is 9.97 Å². The van der Waals surface area contributed by atoms with Crippen LogP contribution in [-0.4, -0.2) is 22.3 Å². The van der Waals surface area contributed by atoms with Crippen molar-refractivity contribution in [1.29, 1.82) is 5.41 Å². The summed E-state index contributed by atoms with van der Waals surface area (Å²) >= 11 is 0. The molecule has 0 aliphatic carbocycles. The molecular weight excluding hydrogens is 238 g/mol. The number of nitrogens with zero attached hydrogens (tertiary/aromatic N) is 3. The lowest BCUT2D eigenvalue weighted by atomic mass is 10.2. The van der Waals surface area contributed by atoms with Gasteiger partial charge in [-0.1, -0.05) is 6.07 Å². The summed E-state index contributed by atoms with van der Waals surface area (Å²) in [5.74, 6) is -0.0145. The molecule has 5 nitrogen and oxygen atoms in total. The minimum atomic E-state index is -0.0145. The van der Waals surface area contributed by atoms with Crippen LogP contribution in [0.2, 0.25) is 0 Å². The topological polar surface area (TPSA) is 78.9 Å². The molecule has 0 aromatic carbocycles. The van der Waals surface area contributed by atoms with Gasteiger partial charge in [-0.25, -0.2) is 0 Å². The normalized spacial score (nSPS) is 10.2. The summed E-state index contributed by atoms with van der Waals surface area (Å²) in [5.41, 5.74) is 7.90. The highest BCUT2D eigenvalue weighted by Crippen LogP contribution is 2.15. The Labute approximate surface area is 112 Å². The molecule has 0 aliphatic rings. The number of pyridine rings is 2. The SMILES string of the molecule is CCN(Cc1ccccn1)c1ccc(C(=N)N)nc1. The van der Waals surface area contributed by atoms with Gasteiger partial charge in [0.15, 0.2) is 0 Å². The number of nitrogens with one attached hydrogen (secondary N) is 1. The van der Waals surface area contributed by atoms with Gasteiger partial charge in [-0.05, 0) is 31.2 Å². The quantitative estimate of drug-likeness (QED) is 0.630. The molecular formula is C14H17N5. The van der Waals surface area contributed by atoms with Gasteiger partial charge < -0.3 is 10.6 Å². The predicted octanol–water partition coefficient (Wildman–Crippen LogP) is 1.79. The van der Waals surface area contributed by atoms with E-state index in [-0.39, 0.29) is 5.84 Å². The first kappa shape index (κ1) is 13.0. The van der Waals surface area contributed by atoms with Crippen LogP contribution in [0.4, 0.5) is 5.69 Å². The van der Waals surface area contributed by atoms with Gasteiger partial charge in [-0.15, -0.1) is 0 Å². The molecule has 0 bridgehead atoms. The fourth-order valence-corrected chi connectivity index (χ4v) is 1.81. The van der Waals surface area contributed by atoms with Crippen molar-refractivity contribution in [3.8, 4) is 0 Å². The van der Waals surface area contributed by atoms with Gasteiger partial charge in [-0.3, -0.25) is 15.4 Å². The van der Waals surface area contributed by atoms with E-state index in [1.54, 1.807) is 18.5 Å². The molecule has 0 fully saturated rings. The fraction of sp³-hybridized carbons (Fsp3) is 0.214. The summed E-state index contributed by atoms with van der Waals surface area (Å²) in [6.07, 6.45) is 3.53. The van der Waals surface area contributed by atoms with Gasteiger partial charge in [0.25, 0.3) is 0 Å². The van der Waals surface area contributed by atoms with Crippen molar-refractivity contribution in [2.45, 2.75) is 13.5 Å². The van der Waals surface area contributed by atoms with E-state index in [4.69, 9.17) is 11.1 Å². The number of hydrogen-bond acceptors (Lipinski definition) is 4. The van der Waals surface area contributed by atoms with E-state index in [0.29, 0.717) is 5.69 Å². The summed E-state index contributed by atoms with van der Waals surface area (Å²) in [7, 11) is 0. The van der Waals surface area contributed by atoms with Crippen LogP contribution in [0.1, 0.15) is 18.3 Å². The molecule has 2 aromatic rings. The second-order valence-electron chi connectivity index (χ2n) is 4.15. The molecule has 2 heterocycles. The molecule has 5 heteroatoms.